The van der Waals surface area contributed by atoms with Crippen molar-refractivity contribution in [2.75, 3.05) is 7.05 Å². The van der Waals surface area contributed by atoms with Gasteiger partial charge in [-0.2, -0.15) is 18.3 Å². The third-order valence-corrected chi connectivity index (χ3v) is 1.36. The summed E-state index contributed by atoms with van der Waals surface area (Å²) in [5.74, 6) is -1.43. The molecule has 0 aromatic heterocycles. The standard InChI is InChI=1S/C5H6F3N3O2/c1-11-4(13)9-3(12)2(10-11)5(6,7)8/h4,13H,1H3,(H,9,12). The van der Waals surface area contributed by atoms with Crippen LogP contribution in [0.2, 0.25) is 0 Å². The number of aliphatic hydroxyl groups is 1. The second-order valence-corrected chi connectivity index (χ2v) is 2.37. The number of amides is 1. The predicted molar refractivity (Wildman–Crippen MR) is 35.4 cm³/mol. The number of hydrazone groups is 1. The summed E-state index contributed by atoms with van der Waals surface area (Å²) >= 11 is 0. The quantitative estimate of drug-likeness (QED) is 0.536. The highest BCUT2D eigenvalue weighted by molar-refractivity contribution is 6.41. The average molecular weight is 197 g/mol. The van der Waals surface area contributed by atoms with E-state index in [1.165, 1.54) is 0 Å². The molecule has 1 unspecified atom stereocenters. The Bertz CT molecular complexity index is 262. The van der Waals surface area contributed by atoms with Gasteiger partial charge in [0.05, 0.1) is 0 Å². The van der Waals surface area contributed by atoms with Gasteiger partial charge in [0.1, 0.15) is 0 Å². The monoisotopic (exact) mass is 197 g/mol. The van der Waals surface area contributed by atoms with Gasteiger partial charge in [-0.15, -0.1) is 0 Å². The van der Waals surface area contributed by atoms with Gasteiger partial charge in [-0.05, 0) is 0 Å². The number of hydrogen-bond donors (Lipinski definition) is 2. The first-order valence-corrected chi connectivity index (χ1v) is 3.20. The van der Waals surface area contributed by atoms with Crippen LogP contribution < -0.4 is 5.32 Å². The van der Waals surface area contributed by atoms with E-state index in [9.17, 15) is 18.0 Å². The molecule has 0 saturated carbocycles. The van der Waals surface area contributed by atoms with E-state index in [2.05, 4.69) is 5.10 Å². The van der Waals surface area contributed by atoms with Crippen molar-refractivity contribution in [2.24, 2.45) is 5.10 Å². The third kappa shape index (κ3) is 1.89. The van der Waals surface area contributed by atoms with Gasteiger partial charge in [-0.25, -0.2) is 0 Å². The van der Waals surface area contributed by atoms with Crippen LogP contribution >= 0.6 is 0 Å². The average Bonchev–Trinajstić information content (AvgIpc) is 1.94. The lowest BCUT2D eigenvalue weighted by molar-refractivity contribution is -0.130. The molecule has 0 spiro atoms. The molecule has 1 aliphatic heterocycles. The topological polar surface area (TPSA) is 64.9 Å². The maximum absolute atomic E-state index is 12.0. The highest BCUT2D eigenvalue weighted by atomic mass is 19.4. The van der Waals surface area contributed by atoms with Gasteiger partial charge in [0, 0.05) is 7.05 Å². The van der Waals surface area contributed by atoms with Crippen LogP contribution in [0.3, 0.4) is 0 Å². The number of nitrogens with one attached hydrogen (secondary N) is 1. The predicted octanol–water partition coefficient (Wildman–Crippen LogP) is -0.758. The van der Waals surface area contributed by atoms with E-state index in [0.29, 0.717) is 5.01 Å². The van der Waals surface area contributed by atoms with Gasteiger partial charge in [0.15, 0.2) is 0 Å². The van der Waals surface area contributed by atoms with Gasteiger partial charge >= 0.3 is 6.18 Å². The Morgan fingerprint density at radius 1 is 1.62 bits per heavy atom. The minimum Gasteiger partial charge on any atom is -0.355 e. The summed E-state index contributed by atoms with van der Waals surface area (Å²) in [5.41, 5.74) is -1.57. The summed E-state index contributed by atoms with van der Waals surface area (Å²) in [6.07, 6.45) is -6.32. The van der Waals surface area contributed by atoms with Gasteiger partial charge in [-0.3, -0.25) is 9.80 Å². The molecule has 0 aliphatic carbocycles. The number of aliphatic hydroxyl groups excluding tert-OH is 1. The fraction of sp³-hybridized carbons (Fsp3) is 0.600. The first-order chi connectivity index (χ1) is 5.82. The van der Waals surface area contributed by atoms with E-state index in [0.717, 1.165) is 7.05 Å². The molecule has 0 saturated heterocycles. The zero-order valence-electron chi connectivity index (χ0n) is 6.46. The van der Waals surface area contributed by atoms with Crippen molar-refractivity contribution in [1.82, 2.24) is 10.3 Å². The normalized spacial score (nSPS) is 24.1. The van der Waals surface area contributed by atoms with Crippen LogP contribution in [-0.2, 0) is 4.79 Å². The van der Waals surface area contributed by atoms with Crippen LogP contribution in [0.1, 0.15) is 0 Å². The smallest absolute Gasteiger partial charge is 0.355 e. The largest absolute Gasteiger partial charge is 0.440 e. The fourth-order valence-electron chi connectivity index (χ4n) is 0.722. The summed E-state index contributed by atoms with van der Waals surface area (Å²) in [6.45, 7) is 0. The molecule has 8 heteroatoms. The first-order valence-electron chi connectivity index (χ1n) is 3.20. The van der Waals surface area contributed by atoms with E-state index in [4.69, 9.17) is 5.11 Å². The fourth-order valence-corrected chi connectivity index (χ4v) is 0.722. The molecular formula is C5H6F3N3O2. The van der Waals surface area contributed by atoms with Crippen LogP contribution in [-0.4, -0.2) is 41.3 Å². The lowest BCUT2D eigenvalue weighted by Crippen LogP contribution is -2.55. The summed E-state index contributed by atoms with van der Waals surface area (Å²) < 4.78 is 36.0. The molecule has 2 N–H and O–H groups in total. The van der Waals surface area contributed by atoms with Crippen molar-refractivity contribution in [1.29, 1.82) is 0 Å². The van der Waals surface area contributed by atoms with Crippen LogP contribution in [0, 0.1) is 0 Å². The second kappa shape index (κ2) is 2.87. The molecule has 5 nitrogen and oxygen atoms in total. The van der Waals surface area contributed by atoms with Crippen LogP contribution in [0.5, 0.6) is 0 Å². The summed E-state index contributed by atoms with van der Waals surface area (Å²) in [7, 11) is 1.11. The Morgan fingerprint density at radius 3 is 2.62 bits per heavy atom. The summed E-state index contributed by atoms with van der Waals surface area (Å²) in [5, 5.41) is 14.0. The number of nitrogens with zero attached hydrogens (tertiary/aromatic N) is 2. The van der Waals surface area contributed by atoms with E-state index < -0.39 is 24.1 Å². The maximum atomic E-state index is 12.0. The summed E-state index contributed by atoms with van der Waals surface area (Å²) in [4.78, 5) is 10.6. The molecule has 0 bridgehead atoms. The van der Waals surface area contributed by atoms with Crippen molar-refractivity contribution < 1.29 is 23.1 Å². The molecule has 1 heterocycles. The van der Waals surface area contributed by atoms with E-state index >= 15 is 0 Å². The van der Waals surface area contributed by atoms with Crippen molar-refractivity contribution in [3.63, 3.8) is 0 Å². The molecule has 0 radical (unpaired) electrons. The highest BCUT2D eigenvalue weighted by Gasteiger charge is 2.44. The van der Waals surface area contributed by atoms with Crippen LogP contribution in [0.15, 0.2) is 5.10 Å². The van der Waals surface area contributed by atoms with Gasteiger partial charge in [0.25, 0.3) is 5.91 Å². The third-order valence-electron chi connectivity index (χ3n) is 1.36. The number of carbonyl (C=O) groups excluding carboxylic acids is 1. The molecule has 13 heavy (non-hydrogen) atoms. The molecule has 1 aliphatic rings. The SMILES string of the molecule is CN1N=C(C(F)(F)F)C(=O)NC1O. The Morgan fingerprint density at radius 2 is 2.15 bits per heavy atom. The van der Waals surface area contributed by atoms with Gasteiger partial charge in [0.2, 0.25) is 12.1 Å². The lowest BCUT2D eigenvalue weighted by atomic mass is 10.3. The molecule has 1 amide bonds. The van der Waals surface area contributed by atoms with Gasteiger partial charge < -0.3 is 10.4 Å². The maximum Gasteiger partial charge on any atom is 0.440 e. The van der Waals surface area contributed by atoms with Crippen molar-refractivity contribution in [3.8, 4) is 0 Å². The Labute approximate surface area is 70.8 Å². The summed E-state index contributed by atoms with van der Waals surface area (Å²) in [6, 6.07) is 0. The van der Waals surface area contributed by atoms with E-state index in [-0.39, 0.29) is 0 Å². The number of halogens is 3. The van der Waals surface area contributed by atoms with Crippen molar-refractivity contribution in [3.05, 3.63) is 0 Å². The molecule has 1 rings (SSSR count). The van der Waals surface area contributed by atoms with Crippen LogP contribution in [0.4, 0.5) is 13.2 Å². The van der Waals surface area contributed by atoms with E-state index in [1.807, 2.05) is 0 Å². The molecular weight excluding hydrogens is 191 g/mol. The number of alkyl halides is 3. The Hall–Kier alpha value is -1.31. The van der Waals surface area contributed by atoms with Crippen LogP contribution in [0.25, 0.3) is 0 Å². The zero-order valence-corrected chi connectivity index (χ0v) is 6.46. The Kier molecular flexibility index (Phi) is 2.16. The molecule has 0 aromatic rings. The Balaban J connectivity index is 2.97. The second-order valence-electron chi connectivity index (χ2n) is 2.37. The molecule has 74 valence electrons. The lowest BCUT2D eigenvalue weighted by Gasteiger charge is -2.27. The van der Waals surface area contributed by atoms with E-state index in [1.54, 1.807) is 5.32 Å². The van der Waals surface area contributed by atoms with Crippen molar-refractivity contribution >= 4 is 11.6 Å². The van der Waals surface area contributed by atoms with Gasteiger partial charge in [-0.1, -0.05) is 0 Å². The first kappa shape index (κ1) is 9.78. The molecule has 0 fully saturated rings. The van der Waals surface area contributed by atoms with Crippen molar-refractivity contribution in [2.45, 2.75) is 12.5 Å². The molecule has 0 aromatic carbocycles. The number of rotatable bonds is 0. The number of carbonyl (C=O) groups is 1. The minimum atomic E-state index is -4.81. The number of hydrogen-bond acceptors (Lipinski definition) is 4. The zero-order chi connectivity index (χ0) is 10.2. The highest BCUT2D eigenvalue weighted by Crippen LogP contribution is 2.19. The molecule has 1 atom stereocenters. The minimum absolute atomic E-state index is 0.601.